The molecular formula is C16H15ClN2OS. The molecule has 0 spiro atoms. The molecule has 0 N–H and O–H groups in total. The Balaban J connectivity index is 1.56. The van der Waals surface area contributed by atoms with Crippen LogP contribution in [0.1, 0.15) is 12.0 Å². The van der Waals surface area contributed by atoms with Crippen LogP contribution in [-0.2, 0) is 11.3 Å². The molecule has 0 unspecified atom stereocenters. The molecule has 0 saturated carbocycles. The van der Waals surface area contributed by atoms with Crippen LogP contribution in [0.15, 0.2) is 41.1 Å². The maximum atomic E-state index is 12.7. The number of hydrogen-bond acceptors (Lipinski definition) is 3. The van der Waals surface area contributed by atoms with Gasteiger partial charge < -0.3 is 4.90 Å². The predicted octanol–water partition coefficient (Wildman–Crippen LogP) is 3.39. The SMILES string of the molecule is O=C1[C@@H]2C[C@@H](CN2Cc2ccsc2)N1c1ccccc1Cl. The fraction of sp³-hybridized carbons (Fsp3) is 0.312. The van der Waals surface area contributed by atoms with Crippen LogP contribution in [0.2, 0.25) is 5.02 Å². The van der Waals surface area contributed by atoms with Crippen molar-refractivity contribution < 1.29 is 4.79 Å². The lowest BCUT2D eigenvalue weighted by atomic mass is 10.2. The normalized spacial score (nSPS) is 25.0. The van der Waals surface area contributed by atoms with Gasteiger partial charge in [-0.25, -0.2) is 0 Å². The third kappa shape index (κ3) is 2.18. The zero-order valence-electron chi connectivity index (χ0n) is 11.4. The van der Waals surface area contributed by atoms with Crippen molar-refractivity contribution in [3.05, 3.63) is 51.7 Å². The fourth-order valence-corrected chi connectivity index (χ4v) is 4.30. The third-order valence-electron chi connectivity index (χ3n) is 4.35. The Kier molecular flexibility index (Phi) is 3.25. The van der Waals surface area contributed by atoms with Crippen molar-refractivity contribution in [1.29, 1.82) is 0 Å². The van der Waals surface area contributed by atoms with Gasteiger partial charge in [0, 0.05) is 13.1 Å². The molecule has 2 fully saturated rings. The number of halogens is 1. The lowest BCUT2D eigenvalue weighted by Crippen LogP contribution is -2.50. The van der Waals surface area contributed by atoms with E-state index in [0.717, 1.165) is 25.2 Å². The highest BCUT2D eigenvalue weighted by Gasteiger charge is 2.50. The van der Waals surface area contributed by atoms with Gasteiger partial charge in [0.1, 0.15) is 0 Å². The smallest absolute Gasteiger partial charge is 0.244 e. The highest BCUT2D eigenvalue weighted by Crippen LogP contribution is 2.39. The first-order chi connectivity index (χ1) is 10.2. The maximum absolute atomic E-state index is 12.7. The molecule has 5 heteroatoms. The first-order valence-electron chi connectivity index (χ1n) is 7.07. The summed E-state index contributed by atoms with van der Waals surface area (Å²) in [5.41, 5.74) is 2.15. The summed E-state index contributed by atoms with van der Waals surface area (Å²) in [6.07, 6.45) is 0.911. The van der Waals surface area contributed by atoms with Gasteiger partial charge in [-0.3, -0.25) is 9.69 Å². The van der Waals surface area contributed by atoms with Crippen LogP contribution < -0.4 is 4.90 Å². The summed E-state index contributed by atoms with van der Waals surface area (Å²) < 4.78 is 0. The number of benzene rings is 1. The van der Waals surface area contributed by atoms with Crippen LogP contribution in [0.25, 0.3) is 0 Å². The van der Waals surface area contributed by atoms with E-state index in [-0.39, 0.29) is 18.0 Å². The van der Waals surface area contributed by atoms with Crippen LogP contribution in [0.5, 0.6) is 0 Å². The van der Waals surface area contributed by atoms with Crippen LogP contribution in [0.4, 0.5) is 5.69 Å². The van der Waals surface area contributed by atoms with Gasteiger partial charge in [-0.15, -0.1) is 0 Å². The second-order valence-electron chi connectivity index (χ2n) is 5.63. The van der Waals surface area contributed by atoms with E-state index in [1.165, 1.54) is 5.56 Å². The molecule has 2 aromatic rings. The standard InChI is InChI=1S/C16H15ClN2OS/c17-13-3-1-2-4-14(13)19-12-7-15(16(19)20)18(9-12)8-11-5-6-21-10-11/h1-6,10,12,15H,7-9H2/t12-,15-/m0/s1. The molecule has 2 aliphatic rings. The van der Waals surface area contributed by atoms with E-state index in [0.29, 0.717) is 5.02 Å². The first-order valence-corrected chi connectivity index (χ1v) is 8.39. The second-order valence-corrected chi connectivity index (χ2v) is 6.81. The lowest BCUT2D eigenvalue weighted by molar-refractivity contribution is -0.122. The van der Waals surface area contributed by atoms with E-state index in [2.05, 4.69) is 21.7 Å². The Morgan fingerprint density at radius 1 is 1.29 bits per heavy atom. The number of amides is 1. The summed E-state index contributed by atoms with van der Waals surface area (Å²) in [5.74, 6) is 0.189. The van der Waals surface area contributed by atoms with Gasteiger partial charge in [-0.05, 0) is 40.9 Å². The third-order valence-corrected chi connectivity index (χ3v) is 5.40. The summed E-state index contributed by atoms with van der Waals surface area (Å²) in [6.45, 7) is 1.80. The highest BCUT2D eigenvalue weighted by atomic mass is 35.5. The van der Waals surface area contributed by atoms with Gasteiger partial charge in [0.15, 0.2) is 0 Å². The first kappa shape index (κ1) is 13.3. The van der Waals surface area contributed by atoms with Gasteiger partial charge in [0.25, 0.3) is 0 Å². The van der Waals surface area contributed by atoms with Crippen molar-refractivity contribution in [1.82, 2.24) is 4.90 Å². The molecule has 3 heterocycles. The van der Waals surface area contributed by atoms with Crippen molar-refractivity contribution in [2.45, 2.75) is 25.0 Å². The quantitative estimate of drug-likeness (QED) is 0.866. The van der Waals surface area contributed by atoms with Gasteiger partial charge in [-0.2, -0.15) is 11.3 Å². The monoisotopic (exact) mass is 318 g/mol. The molecule has 2 aliphatic heterocycles. The molecule has 108 valence electrons. The number of thiophene rings is 1. The van der Waals surface area contributed by atoms with Crippen LogP contribution in [0, 0.1) is 0 Å². The van der Waals surface area contributed by atoms with Crippen LogP contribution in [-0.4, -0.2) is 29.4 Å². The van der Waals surface area contributed by atoms with E-state index in [4.69, 9.17) is 11.6 Å². The molecule has 1 aromatic heterocycles. The molecule has 0 aliphatic carbocycles. The summed E-state index contributed by atoms with van der Waals surface area (Å²) in [6, 6.07) is 10.0. The summed E-state index contributed by atoms with van der Waals surface area (Å²) >= 11 is 7.96. The minimum atomic E-state index is 0.00572. The average molecular weight is 319 g/mol. The molecule has 1 amide bonds. The number of likely N-dealkylation sites (tertiary alicyclic amines) is 1. The van der Waals surface area contributed by atoms with Gasteiger partial charge in [0.2, 0.25) is 5.91 Å². The van der Waals surface area contributed by atoms with E-state index in [9.17, 15) is 4.79 Å². The van der Waals surface area contributed by atoms with Crippen molar-refractivity contribution in [2.24, 2.45) is 0 Å². The lowest BCUT2D eigenvalue weighted by Gasteiger charge is -2.34. The number of nitrogens with zero attached hydrogens (tertiary/aromatic N) is 2. The van der Waals surface area contributed by atoms with Crippen molar-refractivity contribution >= 4 is 34.5 Å². The minimum Gasteiger partial charge on any atom is -0.305 e. The topological polar surface area (TPSA) is 23.6 Å². The van der Waals surface area contributed by atoms with Crippen LogP contribution in [0.3, 0.4) is 0 Å². The molecule has 2 atom stereocenters. The Labute approximate surface area is 132 Å². The molecule has 2 saturated heterocycles. The predicted molar refractivity (Wildman–Crippen MR) is 85.9 cm³/mol. The molecule has 21 heavy (non-hydrogen) atoms. The summed E-state index contributed by atoms with van der Waals surface area (Å²) in [7, 11) is 0. The van der Waals surface area contributed by atoms with Gasteiger partial charge in [-0.1, -0.05) is 23.7 Å². The highest BCUT2D eigenvalue weighted by molar-refractivity contribution is 7.07. The second kappa shape index (κ2) is 5.13. The van der Waals surface area contributed by atoms with E-state index in [1.807, 2.05) is 29.2 Å². The molecule has 4 rings (SSSR count). The van der Waals surface area contributed by atoms with E-state index in [1.54, 1.807) is 11.3 Å². The Bertz CT molecular complexity index is 673. The number of rotatable bonds is 3. The molecule has 1 aromatic carbocycles. The molecule has 2 bridgehead atoms. The number of piperazine rings is 1. The van der Waals surface area contributed by atoms with E-state index >= 15 is 0 Å². The summed E-state index contributed by atoms with van der Waals surface area (Å²) in [5, 5.41) is 4.90. The van der Waals surface area contributed by atoms with Crippen molar-refractivity contribution in [3.63, 3.8) is 0 Å². The average Bonchev–Trinajstić information content (AvgIpc) is 3.17. The number of carbonyl (C=O) groups excluding carboxylic acids is 1. The Morgan fingerprint density at radius 2 is 2.14 bits per heavy atom. The van der Waals surface area contributed by atoms with Gasteiger partial charge in [0.05, 0.1) is 22.8 Å². The maximum Gasteiger partial charge on any atom is 0.244 e. The fourth-order valence-electron chi connectivity index (χ4n) is 3.42. The summed E-state index contributed by atoms with van der Waals surface area (Å²) in [4.78, 5) is 16.9. The number of fused-ring (bicyclic) bond motifs is 2. The van der Waals surface area contributed by atoms with Crippen LogP contribution >= 0.6 is 22.9 Å². The number of carbonyl (C=O) groups is 1. The number of para-hydroxylation sites is 1. The Morgan fingerprint density at radius 3 is 2.86 bits per heavy atom. The molecular weight excluding hydrogens is 304 g/mol. The van der Waals surface area contributed by atoms with E-state index < -0.39 is 0 Å². The number of anilines is 1. The minimum absolute atomic E-state index is 0.00572. The Hall–Kier alpha value is -1.36. The van der Waals surface area contributed by atoms with Crippen molar-refractivity contribution in [3.8, 4) is 0 Å². The molecule has 0 radical (unpaired) electrons. The largest absolute Gasteiger partial charge is 0.305 e. The molecule has 3 nitrogen and oxygen atoms in total. The van der Waals surface area contributed by atoms with Crippen molar-refractivity contribution in [2.75, 3.05) is 11.4 Å². The number of hydrogen-bond donors (Lipinski definition) is 0. The van der Waals surface area contributed by atoms with Gasteiger partial charge >= 0.3 is 0 Å². The zero-order chi connectivity index (χ0) is 14.4. The zero-order valence-corrected chi connectivity index (χ0v) is 13.0.